The fourth-order valence-corrected chi connectivity index (χ4v) is 1.55. The first-order chi connectivity index (χ1) is 9.74. The largest absolute Gasteiger partial charge is 0.491 e. The number of methoxy groups -OCH3 is 1. The molecule has 0 radical (unpaired) electrons. The van der Waals surface area contributed by atoms with E-state index in [0.29, 0.717) is 44.6 Å². The topological polar surface area (TPSA) is 62.9 Å². The lowest BCUT2D eigenvalue weighted by Crippen LogP contribution is -2.13. The van der Waals surface area contributed by atoms with E-state index < -0.39 is 0 Å². The van der Waals surface area contributed by atoms with Crippen LogP contribution in [0.1, 0.15) is 5.56 Å². The van der Waals surface area contributed by atoms with Gasteiger partial charge in [-0.2, -0.15) is 0 Å². The van der Waals surface area contributed by atoms with E-state index in [4.69, 9.17) is 36.9 Å². The minimum Gasteiger partial charge on any atom is -0.491 e. The van der Waals surface area contributed by atoms with Gasteiger partial charge in [-0.15, -0.1) is 0 Å². The Kier molecular flexibility index (Phi) is 8.90. The molecule has 20 heavy (non-hydrogen) atoms. The number of thiocarbonyl (C=S) groups is 1. The highest BCUT2D eigenvalue weighted by Crippen LogP contribution is 2.12. The maximum Gasteiger partial charge on any atom is 0.120 e. The SMILES string of the molecule is COCCOCCOCCOc1cccc(C(N)=S)c1. The van der Waals surface area contributed by atoms with Gasteiger partial charge in [-0.3, -0.25) is 0 Å². The van der Waals surface area contributed by atoms with Crippen LogP contribution in [0.3, 0.4) is 0 Å². The average Bonchev–Trinajstić information content (AvgIpc) is 2.46. The summed E-state index contributed by atoms with van der Waals surface area (Å²) >= 11 is 4.91. The number of hydrogen-bond acceptors (Lipinski definition) is 5. The highest BCUT2D eigenvalue weighted by Gasteiger charge is 1.99. The molecule has 1 rings (SSSR count). The van der Waals surface area contributed by atoms with Crippen LogP contribution in [0.15, 0.2) is 24.3 Å². The third kappa shape index (κ3) is 7.40. The van der Waals surface area contributed by atoms with Crippen LogP contribution < -0.4 is 10.5 Å². The molecular weight excluding hydrogens is 278 g/mol. The standard InChI is InChI=1S/C14H21NO4S/c1-16-5-6-17-7-8-18-9-10-19-13-4-2-3-12(11-13)14(15)20/h2-4,11H,5-10H2,1H3,(H2,15,20). The zero-order chi connectivity index (χ0) is 14.6. The van der Waals surface area contributed by atoms with Gasteiger partial charge in [0.1, 0.15) is 17.3 Å². The van der Waals surface area contributed by atoms with Crippen molar-refractivity contribution >= 4 is 17.2 Å². The smallest absolute Gasteiger partial charge is 0.120 e. The van der Waals surface area contributed by atoms with Crippen molar-refractivity contribution < 1.29 is 18.9 Å². The van der Waals surface area contributed by atoms with Crippen LogP contribution in [0.5, 0.6) is 5.75 Å². The molecule has 0 heterocycles. The summed E-state index contributed by atoms with van der Waals surface area (Å²) in [4.78, 5) is 0.361. The highest BCUT2D eigenvalue weighted by atomic mass is 32.1. The van der Waals surface area contributed by atoms with E-state index in [1.807, 2.05) is 24.3 Å². The number of nitrogens with two attached hydrogens (primary N) is 1. The van der Waals surface area contributed by atoms with Gasteiger partial charge >= 0.3 is 0 Å². The minimum atomic E-state index is 0.361. The lowest BCUT2D eigenvalue weighted by atomic mass is 10.2. The summed E-state index contributed by atoms with van der Waals surface area (Å²) in [6.45, 7) is 3.26. The first-order valence-corrected chi connectivity index (χ1v) is 6.82. The molecule has 2 N–H and O–H groups in total. The van der Waals surface area contributed by atoms with E-state index in [-0.39, 0.29) is 0 Å². The summed E-state index contributed by atoms with van der Waals surface area (Å²) in [6.07, 6.45) is 0. The van der Waals surface area contributed by atoms with Gasteiger partial charge in [-0.1, -0.05) is 24.4 Å². The summed E-state index contributed by atoms with van der Waals surface area (Å²) in [5.74, 6) is 0.732. The van der Waals surface area contributed by atoms with Crippen molar-refractivity contribution in [3.8, 4) is 5.75 Å². The summed E-state index contributed by atoms with van der Waals surface area (Å²) in [6, 6.07) is 7.38. The van der Waals surface area contributed by atoms with Gasteiger partial charge in [0.2, 0.25) is 0 Å². The molecule has 0 unspecified atom stereocenters. The Morgan fingerprint density at radius 2 is 1.70 bits per heavy atom. The minimum absolute atomic E-state index is 0.361. The Balaban J connectivity index is 2.06. The molecule has 1 aromatic rings. The Morgan fingerprint density at radius 1 is 1.05 bits per heavy atom. The van der Waals surface area contributed by atoms with Crippen molar-refractivity contribution in [3.05, 3.63) is 29.8 Å². The first kappa shape index (κ1) is 16.8. The molecule has 0 aliphatic rings. The van der Waals surface area contributed by atoms with E-state index in [1.54, 1.807) is 7.11 Å². The molecule has 0 spiro atoms. The van der Waals surface area contributed by atoms with Gasteiger partial charge in [0, 0.05) is 12.7 Å². The van der Waals surface area contributed by atoms with Crippen LogP contribution >= 0.6 is 12.2 Å². The first-order valence-electron chi connectivity index (χ1n) is 6.41. The van der Waals surface area contributed by atoms with Crippen molar-refractivity contribution in [2.24, 2.45) is 5.73 Å². The molecule has 112 valence electrons. The van der Waals surface area contributed by atoms with Crippen molar-refractivity contribution in [2.75, 3.05) is 46.8 Å². The van der Waals surface area contributed by atoms with E-state index >= 15 is 0 Å². The third-order valence-electron chi connectivity index (χ3n) is 2.42. The molecule has 0 aliphatic heterocycles. The Labute approximate surface area is 125 Å². The van der Waals surface area contributed by atoms with Crippen molar-refractivity contribution in [1.29, 1.82) is 0 Å². The van der Waals surface area contributed by atoms with Crippen LogP contribution in [-0.2, 0) is 14.2 Å². The Hall–Kier alpha value is -1.21. The monoisotopic (exact) mass is 299 g/mol. The van der Waals surface area contributed by atoms with Gasteiger partial charge in [-0.25, -0.2) is 0 Å². The third-order valence-corrected chi connectivity index (χ3v) is 2.65. The summed E-state index contributed by atoms with van der Waals surface area (Å²) in [5.41, 5.74) is 6.35. The van der Waals surface area contributed by atoms with E-state index in [0.717, 1.165) is 11.3 Å². The van der Waals surface area contributed by atoms with Gasteiger partial charge in [-0.05, 0) is 12.1 Å². The summed E-state index contributed by atoms with van der Waals surface area (Å²) in [5, 5.41) is 0. The van der Waals surface area contributed by atoms with E-state index in [1.165, 1.54) is 0 Å². The molecule has 6 heteroatoms. The predicted octanol–water partition coefficient (Wildman–Crippen LogP) is 1.38. The Morgan fingerprint density at radius 3 is 2.35 bits per heavy atom. The zero-order valence-electron chi connectivity index (χ0n) is 11.7. The average molecular weight is 299 g/mol. The maximum atomic E-state index is 5.56. The molecule has 0 aromatic heterocycles. The second kappa shape index (κ2) is 10.6. The molecule has 0 aliphatic carbocycles. The Bertz CT molecular complexity index is 401. The quantitative estimate of drug-likeness (QED) is 0.492. The zero-order valence-corrected chi connectivity index (χ0v) is 12.5. The fraction of sp³-hybridized carbons (Fsp3) is 0.500. The van der Waals surface area contributed by atoms with E-state index in [9.17, 15) is 0 Å². The molecule has 1 aromatic carbocycles. The van der Waals surface area contributed by atoms with E-state index in [2.05, 4.69) is 0 Å². The normalized spacial score (nSPS) is 10.4. The number of rotatable bonds is 11. The highest BCUT2D eigenvalue weighted by molar-refractivity contribution is 7.80. The molecule has 5 nitrogen and oxygen atoms in total. The van der Waals surface area contributed by atoms with Gasteiger partial charge in [0.15, 0.2) is 0 Å². The van der Waals surface area contributed by atoms with Gasteiger partial charge in [0.05, 0.1) is 33.0 Å². The number of hydrogen-bond donors (Lipinski definition) is 1. The lowest BCUT2D eigenvalue weighted by molar-refractivity contribution is 0.0180. The molecule has 0 saturated carbocycles. The second-order valence-corrected chi connectivity index (χ2v) is 4.40. The number of benzene rings is 1. The van der Waals surface area contributed by atoms with Crippen molar-refractivity contribution in [3.63, 3.8) is 0 Å². The van der Waals surface area contributed by atoms with Crippen LogP contribution in [0.2, 0.25) is 0 Å². The van der Waals surface area contributed by atoms with Crippen LogP contribution in [0.25, 0.3) is 0 Å². The lowest BCUT2D eigenvalue weighted by Gasteiger charge is -2.08. The maximum absolute atomic E-state index is 5.56. The molecular formula is C14H21NO4S. The molecule has 0 atom stereocenters. The molecule has 0 saturated heterocycles. The van der Waals surface area contributed by atoms with Crippen LogP contribution in [0, 0.1) is 0 Å². The summed E-state index contributed by atoms with van der Waals surface area (Å²) in [7, 11) is 1.64. The van der Waals surface area contributed by atoms with Gasteiger partial charge < -0.3 is 24.7 Å². The fourth-order valence-electron chi connectivity index (χ4n) is 1.42. The predicted molar refractivity (Wildman–Crippen MR) is 81.3 cm³/mol. The number of ether oxygens (including phenoxy) is 4. The van der Waals surface area contributed by atoms with Crippen molar-refractivity contribution in [2.45, 2.75) is 0 Å². The van der Waals surface area contributed by atoms with Crippen LogP contribution in [0.4, 0.5) is 0 Å². The second-order valence-electron chi connectivity index (χ2n) is 3.96. The summed E-state index contributed by atoms with van der Waals surface area (Å²) < 4.78 is 21.0. The van der Waals surface area contributed by atoms with Crippen LogP contribution in [-0.4, -0.2) is 51.7 Å². The molecule has 0 bridgehead atoms. The molecule has 0 amide bonds. The van der Waals surface area contributed by atoms with Crippen molar-refractivity contribution in [1.82, 2.24) is 0 Å². The van der Waals surface area contributed by atoms with Gasteiger partial charge in [0.25, 0.3) is 0 Å². The molecule has 0 fully saturated rings.